The molecular formula is C21H17ClN4O3S. The fourth-order valence-corrected chi connectivity index (χ4v) is 3.95. The number of rotatable bonds is 5. The first-order valence-electron chi connectivity index (χ1n) is 9.04. The molecule has 0 fully saturated rings. The molecule has 9 heteroatoms. The van der Waals surface area contributed by atoms with Crippen LogP contribution in [0.25, 0.3) is 21.7 Å². The largest absolute Gasteiger partial charge is 0.335 e. The fourth-order valence-electron chi connectivity index (χ4n) is 3.07. The van der Waals surface area contributed by atoms with Gasteiger partial charge in [-0.15, -0.1) is 11.3 Å². The Balaban J connectivity index is 1.60. The highest BCUT2D eigenvalue weighted by Crippen LogP contribution is 2.30. The zero-order chi connectivity index (χ0) is 21.3. The number of thiophene rings is 1. The highest BCUT2D eigenvalue weighted by molar-refractivity contribution is 7.13. The summed E-state index contributed by atoms with van der Waals surface area (Å²) in [6, 6.07) is 12.4. The minimum absolute atomic E-state index is 0.131. The van der Waals surface area contributed by atoms with Crippen molar-refractivity contribution in [2.75, 3.05) is 18.9 Å². The van der Waals surface area contributed by atoms with Gasteiger partial charge in [-0.1, -0.05) is 28.9 Å². The van der Waals surface area contributed by atoms with Crippen molar-refractivity contribution >= 4 is 51.5 Å². The molecule has 0 spiro atoms. The molecule has 30 heavy (non-hydrogen) atoms. The molecular weight excluding hydrogens is 424 g/mol. The number of hydrogen-bond acceptors (Lipinski definition) is 6. The summed E-state index contributed by atoms with van der Waals surface area (Å²) < 4.78 is 5.31. The zero-order valence-corrected chi connectivity index (χ0v) is 17.8. The van der Waals surface area contributed by atoms with Crippen LogP contribution in [0.4, 0.5) is 5.69 Å². The molecule has 3 heterocycles. The van der Waals surface area contributed by atoms with Crippen LogP contribution in [0.1, 0.15) is 16.1 Å². The van der Waals surface area contributed by atoms with Crippen LogP contribution in [0, 0.1) is 6.92 Å². The predicted molar refractivity (Wildman–Crippen MR) is 117 cm³/mol. The quantitative estimate of drug-likeness (QED) is 0.489. The Bertz CT molecular complexity index is 1240. The second kappa shape index (κ2) is 8.25. The highest BCUT2D eigenvalue weighted by atomic mass is 35.5. The zero-order valence-electron chi connectivity index (χ0n) is 16.2. The molecule has 4 rings (SSSR count). The molecule has 0 aliphatic rings. The van der Waals surface area contributed by atoms with Crippen LogP contribution in [-0.2, 0) is 4.79 Å². The molecule has 1 aromatic carbocycles. The normalized spacial score (nSPS) is 10.9. The number of nitrogens with one attached hydrogen (secondary N) is 1. The van der Waals surface area contributed by atoms with E-state index < -0.39 is 0 Å². The Morgan fingerprint density at radius 1 is 1.23 bits per heavy atom. The lowest BCUT2D eigenvalue weighted by Crippen LogP contribution is -2.35. The molecule has 0 aliphatic carbocycles. The molecule has 4 aromatic rings. The van der Waals surface area contributed by atoms with Gasteiger partial charge in [0.15, 0.2) is 0 Å². The first-order chi connectivity index (χ1) is 14.4. The molecule has 7 nitrogen and oxygen atoms in total. The van der Waals surface area contributed by atoms with E-state index in [1.54, 1.807) is 44.3 Å². The average molecular weight is 441 g/mol. The van der Waals surface area contributed by atoms with Crippen LogP contribution in [-0.4, -0.2) is 40.4 Å². The second-order valence-corrected chi connectivity index (χ2v) is 8.08. The summed E-state index contributed by atoms with van der Waals surface area (Å²) in [6.07, 6.45) is 0. The van der Waals surface area contributed by atoms with Gasteiger partial charge in [0, 0.05) is 17.8 Å². The highest BCUT2D eigenvalue weighted by Gasteiger charge is 2.23. The summed E-state index contributed by atoms with van der Waals surface area (Å²) in [5.41, 5.74) is 2.43. The van der Waals surface area contributed by atoms with Crippen LogP contribution in [0.2, 0.25) is 5.02 Å². The number of aromatic nitrogens is 2. The van der Waals surface area contributed by atoms with E-state index in [2.05, 4.69) is 15.5 Å². The first kappa shape index (κ1) is 20.1. The number of nitrogens with zero attached hydrogens (tertiary/aromatic N) is 3. The molecule has 0 radical (unpaired) electrons. The first-order valence-corrected chi connectivity index (χ1v) is 10.3. The van der Waals surface area contributed by atoms with Crippen molar-refractivity contribution in [3.63, 3.8) is 0 Å². The van der Waals surface area contributed by atoms with Crippen LogP contribution < -0.4 is 5.32 Å². The van der Waals surface area contributed by atoms with E-state index in [0.29, 0.717) is 38.8 Å². The molecule has 2 amide bonds. The Hall–Kier alpha value is -3.23. The molecule has 0 unspecified atom stereocenters. The van der Waals surface area contributed by atoms with E-state index in [-0.39, 0.29) is 18.4 Å². The number of amides is 2. The molecule has 152 valence electrons. The molecule has 0 saturated carbocycles. The van der Waals surface area contributed by atoms with Gasteiger partial charge in [0.2, 0.25) is 5.91 Å². The van der Waals surface area contributed by atoms with Crippen LogP contribution in [0.15, 0.2) is 52.4 Å². The number of benzene rings is 1. The Labute approximate surface area is 181 Å². The van der Waals surface area contributed by atoms with Gasteiger partial charge in [-0.25, -0.2) is 4.98 Å². The number of hydrogen-bond donors (Lipinski definition) is 1. The summed E-state index contributed by atoms with van der Waals surface area (Å²) in [7, 11) is 1.57. The van der Waals surface area contributed by atoms with E-state index in [0.717, 1.165) is 4.88 Å². The summed E-state index contributed by atoms with van der Waals surface area (Å²) in [5, 5.41) is 9.68. The van der Waals surface area contributed by atoms with Gasteiger partial charge in [0.1, 0.15) is 0 Å². The third-order valence-electron chi connectivity index (χ3n) is 4.46. The van der Waals surface area contributed by atoms with E-state index in [1.165, 1.54) is 16.2 Å². The lowest BCUT2D eigenvalue weighted by Gasteiger charge is -2.17. The van der Waals surface area contributed by atoms with Gasteiger partial charge in [-0.05, 0) is 42.6 Å². The maximum Gasteiger partial charge on any atom is 0.259 e. The fraction of sp³-hybridized carbons (Fsp3) is 0.143. The number of halogens is 1. The number of pyridine rings is 1. The van der Waals surface area contributed by atoms with Gasteiger partial charge >= 0.3 is 0 Å². The van der Waals surface area contributed by atoms with Crippen molar-refractivity contribution in [2.24, 2.45) is 0 Å². The molecule has 1 N–H and O–H groups in total. The number of fused-ring (bicyclic) bond motifs is 1. The van der Waals surface area contributed by atoms with E-state index in [4.69, 9.17) is 16.1 Å². The number of carbonyl (C=O) groups excluding carboxylic acids is 2. The van der Waals surface area contributed by atoms with Gasteiger partial charge in [0.25, 0.3) is 11.6 Å². The van der Waals surface area contributed by atoms with Crippen molar-refractivity contribution in [1.29, 1.82) is 0 Å². The molecule has 0 aliphatic heterocycles. The topological polar surface area (TPSA) is 88.3 Å². The van der Waals surface area contributed by atoms with Crippen molar-refractivity contribution in [3.8, 4) is 10.6 Å². The van der Waals surface area contributed by atoms with Crippen LogP contribution >= 0.6 is 22.9 Å². The summed E-state index contributed by atoms with van der Waals surface area (Å²) >= 11 is 7.45. The van der Waals surface area contributed by atoms with Crippen molar-refractivity contribution < 1.29 is 14.1 Å². The minimum Gasteiger partial charge on any atom is -0.335 e. The minimum atomic E-state index is -0.334. The summed E-state index contributed by atoms with van der Waals surface area (Å²) in [5.74, 6) is -0.660. The smallest absolute Gasteiger partial charge is 0.259 e. The van der Waals surface area contributed by atoms with Gasteiger partial charge in [0.05, 0.1) is 33.8 Å². The molecule has 3 aromatic heterocycles. The molecule has 0 bridgehead atoms. The third-order valence-corrected chi connectivity index (χ3v) is 5.58. The van der Waals surface area contributed by atoms with Crippen molar-refractivity contribution in [3.05, 3.63) is 64.1 Å². The van der Waals surface area contributed by atoms with Crippen molar-refractivity contribution in [2.45, 2.75) is 6.92 Å². The molecule has 0 atom stereocenters. The predicted octanol–water partition coefficient (Wildman–Crippen LogP) is 4.62. The number of aryl methyl sites for hydroxylation is 1. The summed E-state index contributed by atoms with van der Waals surface area (Å²) in [4.78, 5) is 32.4. The monoisotopic (exact) mass is 440 g/mol. The maximum absolute atomic E-state index is 13.2. The average Bonchev–Trinajstić information content (AvgIpc) is 3.37. The van der Waals surface area contributed by atoms with Crippen LogP contribution in [0.3, 0.4) is 0 Å². The number of likely N-dealkylation sites (N-methyl/N-ethyl adjacent to an activating group) is 1. The maximum atomic E-state index is 13.2. The Kier molecular flexibility index (Phi) is 5.52. The van der Waals surface area contributed by atoms with E-state index >= 15 is 0 Å². The van der Waals surface area contributed by atoms with Gasteiger partial charge < -0.3 is 14.7 Å². The number of carbonyl (C=O) groups is 2. The summed E-state index contributed by atoms with van der Waals surface area (Å²) in [6.45, 7) is 1.62. The van der Waals surface area contributed by atoms with Gasteiger partial charge in [-0.3, -0.25) is 9.59 Å². The molecule has 0 saturated heterocycles. The van der Waals surface area contributed by atoms with Crippen molar-refractivity contribution in [1.82, 2.24) is 15.0 Å². The third kappa shape index (κ3) is 4.05. The van der Waals surface area contributed by atoms with E-state index in [9.17, 15) is 9.59 Å². The van der Waals surface area contributed by atoms with E-state index in [1.807, 2.05) is 17.5 Å². The number of anilines is 1. The lowest BCUT2D eigenvalue weighted by molar-refractivity contribution is -0.116. The Morgan fingerprint density at radius 2 is 2.07 bits per heavy atom. The van der Waals surface area contributed by atoms with Crippen LogP contribution in [0.5, 0.6) is 0 Å². The SMILES string of the molecule is Cc1noc2nc(-c3cccs3)cc(C(=O)N(C)CC(=O)Nc3cccc(Cl)c3)c12. The lowest BCUT2D eigenvalue weighted by atomic mass is 10.1. The standard InChI is InChI=1S/C21H17ClN4O3S/c1-12-19-15(10-16(17-7-4-8-30-17)24-20(19)29-25-12)21(28)26(2)11-18(27)23-14-6-3-5-13(22)9-14/h3-10H,11H2,1-2H3,(H,23,27). The Morgan fingerprint density at radius 3 is 2.80 bits per heavy atom. The van der Waals surface area contributed by atoms with Gasteiger partial charge in [-0.2, -0.15) is 0 Å². The second-order valence-electron chi connectivity index (χ2n) is 6.70.